The SMILES string of the molecule is CC.COc1cc(C)c(S(=O)(=O)O)c(C)c1C. The first-order valence-corrected chi connectivity index (χ1v) is 6.85. The second-order valence-electron chi connectivity index (χ2n) is 3.45. The van der Waals surface area contributed by atoms with E-state index in [2.05, 4.69) is 0 Å². The Kier molecular flexibility index (Phi) is 5.64. The Bertz CT molecular complexity index is 490. The quantitative estimate of drug-likeness (QED) is 0.830. The molecule has 1 aromatic rings. The van der Waals surface area contributed by atoms with Gasteiger partial charge in [0.15, 0.2) is 0 Å². The van der Waals surface area contributed by atoms with Crippen LogP contribution in [0.15, 0.2) is 11.0 Å². The molecule has 0 bridgehead atoms. The molecule has 17 heavy (non-hydrogen) atoms. The molecule has 98 valence electrons. The summed E-state index contributed by atoms with van der Waals surface area (Å²) in [6.07, 6.45) is 0. The number of benzene rings is 1. The molecule has 0 atom stereocenters. The average molecular weight is 260 g/mol. The van der Waals surface area contributed by atoms with Gasteiger partial charge in [0, 0.05) is 0 Å². The second kappa shape index (κ2) is 6.02. The summed E-state index contributed by atoms with van der Waals surface area (Å²) in [6.45, 7) is 9.02. The molecule has 0 aliphatic rings. The molecule has 1 aromatic carbocycles. The van der Waals surface area contributed by atoms with E-state index in [4.69, 9.17) is 9.29 Å². The first-order valence-electron chi connectivity index (χ1n) is 5.41. The van der Waals surface area contributed by atoms with Gasteiger partial charge in [0.1, 0.15) is 10.6 Å². The highest BCUT2D eigenvalue weighted by atomic mass is 32.2. The lowest BCUT2D eigenvalue weighted by Crippen LogP contribution is -2.06. The van der Waals surface area contributed by atoms with Crippen molar-refractivity contribution in [3.63, 3.8) is 0 Å². The summed E-state index contributed by atoms with van der Waals surface area (Å²) in [4.78, 5) is -0.0270. The fourth-order valence-electron chi connectivity index (χ4n) is 1.63. The normalized spacial score (nSPS) is 10.5. The van der Waals surface area contributed by atoms with Gasteiger partial charge < -0.3 is 4.74 Å². The van der Waals surface area contributed by atoms with E-state index in [1.165, 1.54) is 7.11 Å². The van der Waals surface area contributed by atoms with Gasteiger partial charge in [-0.3, -0.25) is 4.55 Å². The van der Waals surface area contributed by atoms with Crippen LogP contribution in [0.25, 0.3) is 0 Å². The van der Waals surface area contributed by atoms with Crippen molar-refractivity contribution in [2.45, 2.75) is 39.5 Å². The Labute approximate surface area is 103 Å². The Morgan fingerprint density at radius 1 is 1.12 bits per heavy atom. The summed E-state index contributed by atoms with van der Waals surface area (Å²) in [7, 11) is -2.65. The maximum absolute atomic E-state index is 11.1. The molecule has 0 heterocycles. The van der Waals surface area contributed by atoms with Crippen molar-refractivity contribution in [3.05, 3.63) is 22.8 Å². The third kappa shape index (κ3) is 3.44. The zero-order valence-corrected chi connectivity index (χ0v) is 12.0. The van der Waals surface area contributed by atoms with Gasteiger partial charge in [-0.05, 0) is 43.5 Å². The van der Waals surface area contributed by atoms with E-state index in [-0.39, 0.29) is 4.90 Å². The van der Waals surface area contributed by atoms with Crippen LogP contribution in [0.3, 0.4) is 0 Å². The molecule has 0 aromatic heterocycles. The van der Waals surface area contributed by atoms with Crippen LogP contribution in [0, 0.1) is 20.8 Å². The number of hydrogen-bond donors (Lipinski definition) is 1. The van der Waals surface area contributed by atoms with Crippen LogP contribution in [-0.4, -0.2) is 20.1 Å². The molecular formula is C12H20O4S. The van der Waals surface area contributed by atoms with Gasteiger partial charge in [0.2, 0.25) is 0 Å². The molecule has 0 radical (unpaired) electrons. The van der Waals surface area contributed by atoms with Crippen molar-refractivity contribution in [2.75, 3.05) is 7.11 Å². The molecule has 1 N–H and O–H groups in total. The lowest BCUT2D eigenvalue weighted by molar-refractivity contribution is 0.410. The number of hydrogen-bond acceptors (Lipinski definition) is 3. The predicted octanol–water partition coefficient (Wildman–Crippen LogP) is 2.89. The van der Waals surface area contributed by atoms with Gasteiger partial charge in [-0.25, -0.2) is 0 Å². The summed E-state index contributed by atoms with van der Waals surface area (Å²) in [5, 5.41) is 0. The third-order valence-electron chi connectivity index (χ3n) is 2.46. The number of methoxy groups -OCH3 is 1. The van der Waals surface area contributed by atoms with Crippen LogP contribution >= 0.6 is 0 Å². The zero-order valence-electron chi connectivity index (χ0n) is 11.2. The molecule has 0 spiro atoms. The molecule has 0 saturated carbocycles. The standard InChI is InChI=1S/C10H14O4S.C2H6/c1-6-5-9(14-4)7(2)8(3)10(6)15(11,12)13;1-2/h5H,1-4H3,(H,11,12,13);1-2H3. The molecule has 4 nitrogen and oxygen atoms in total. The molecule has 0 saturated heterocycles. The third-order valence-corrected chi connectivity index (χ3v) is 3.60. The maximum atomic E-state index is 11.1. The summed E-state index contributed by atoms with van der Waals surface area (Å²) in [6, 6.07) is 1.60. The van der Waals surface area contributed by atoms with E-state index >= 15 is 0 Å². The van der Waals surface area contributed by atoms with Gasteiger partial charge in [0.05, 0.1) is 7.11 Å². The first kappa shape index (κ1) is 15.9. The van der Waals surface area contributed by atoms with Crippen LogP contribution in [0.2, 0.25) is 0 Å². The van der Waals surface area contributed by atoms with Crippen molar-refractivity contribution in [1.29, 1.82) is 0 Å². The summed E-state index contributed by atoms with van der Waals surface area (Å²) in [5.74, 6) is 0.623. The first-order chi connectivity index (χ1) is 7.79. The Balaban J connectivity index is 0.00000121. The summed E-state index contributed by atoms with van der Waals surface area (Å²) >= 11 is 0. The van der Waals surface area contributed by atoms with Crippen LogP contribution in [0.1, 0.15) is 30.5 Å². The fraction of sp³-hybridized carbons (Fsp3) is 0.500. The van der Waals surface area contributed by atoms with Crippen molar-refractivity contribution in [1.82, 2.24) is 0 Å². The van der Waals surface area contributed by atoms with Crippen molar-refractivity contribution in [3.8, 4) is 5.75 Å². The number of aryl methyl sites for hydroxylation is 1. The highest BCUT2D eigenvalue weighted by molar-refractivity contribution is 7.86. The van der Waals surface area contributed by atoms with Crippen molar-refractivity contribution >= 4 is 10.1 Å². The molecule has 0 aliphatic carbocycles. The minimum absolute atomic E-state index is 0.0270. The highest BCUT2D eigenvalue weighted by Crippen LogP contribution is 2.30. The van der Waals surface area contributed by atoms with E-state index < -0.39 is 10.1 Å². The highest BCUT2D eigenvalue weighted by Gasteiger charge is 2.19. The fourth-order valence-corrected chi connectivity index (χ4v) is 2.64. The predicted molar refractivity (Wildman–Crippen MR) is 68.4 cm³/mol. The molecule has 0 fully saturated rings. The van der Waals surface area contributed by atoms with Crippen LogP contribution in [0.5, 0.6) is 5.75 Å². The lowest BCUT2D eigenvalue weighted by atomic mass is 10.1. The van der Waals surface area contributed by atoms with E-state index in [0.717, 1.165) is 5.56 Å². The summed E-state index contributed by atoms with van der Waals surface area (Å²) < 4.78 is 36.5. The minimum atomic E-state index is -4.17. The average Bonchev–Trinajstić information content (AvgIpc) is 2.24. The van der Waals surface area contributed by atoms with Crippen molar-refractivity contribution in [2.24, 2.45) is 0 Å². The smallest absolute Gasteiger partial charge is 0.295 e. The molecule has 0 unspecified atom stereocenters. The minimum Gasteiger partial charge on any atom is -0.496 e. The van der Waals surface area contributed by atoms with E-state index in [9.17, 15) is 8.42 Å². The molecular weight excluding hydrogens is 240 g/mol. The van der Waals surface area contributed by atoms with Gasteiger partial charge in [-0.1, -0.05) is 13.8 Å². The van der Waals surface area contributed by atoms with Crippen molar-refractivity contribution < 1.29 is 17.7 Å². The monoisotopic (exact) mass is 260 g/mol. The topological polar surface area (TPSA) is 63.6 Å². The number of ether oxygens (including phenoxy) is 1. The maximum Gasteiger partial charge on any atom is 0.295 e. The lowest BCUT2D eigenvalue weighted by Gasteiger charge is -2.13. The molecule has 1 rings (SSSR count). The van der Waals surface area contributed by atoms with E-state index in [1.54, 1.807) is 26.8 Å². The van der Waals surface area contributed by atoms with E-state index in [0.29, 0.717) is 16.9 Å². The van der Waals surface area contributed by atoms with E-state index in [1.807, 2.05) is 13.8 Å². The molecule has 5 heteroatoms. The Hall–Kier alpha value is -1.07. The molecule has 0 amide bonds. The summed E-state index contributed by atoms with van der Waals surface area (Å²) in [5.41, 5.74) is 1.72. The number of rotatable bonds is 2. The van der Waals surface area contributed by atoms with Gasteiger partial charge in [-0.15, -0.1) is 0 Å². The van der Waals surface area contributed by atoms with Crippen LogP contribution in [0.4, 0.5) is 0 Å². The van der Waals surface area contributed by atoms with Gasteiger partial charge in [0.25, 0.3) is 10.1 Å². The Morgan fingerprint density at radius 2 is 1.59 bits per heavy atom. The van der Waals surface area contributed by atoms with Crippen LogP contribution in [-0.2, 0) is 10.1 Å². The second-order valence-corrected chi connectivity index (χ2v) is 4.81. The van der Waals surface area contributed by atoms with Crippen LogP contribution < -0.4 is 4.74 Å². The Morgan fingerprint density at radius 3 is 1.94 bits per heavy atom. The largest absolute Gasteiger partial charge is 0.496 e. The molecule has 0 aliphatic heterocycles. The van der Waals surface area contributed by atoms with Gasteiger partial charge >= 0.3 is 0 Å². The zero-order chi connectivity index (χ0) is 13.8. The van der Waals surface area contributed by atoms with Gasteiger partial charge in [-0.2, -0.15) is 8.42 Å².